The Bertz CT molecular complexity index is 644. The molecule has 0 aliphatic rings. The highest BCUT2D eigenvalue weighted by molar-refractivity contribution is 9.11. The number of rotatable bonds is 3. The molecule has 0 atom stereocenters. The number of amides is 1. The highest BCUT2D eigenvalue weighted by Crippen LogP contribution is 2.26. The Hall–Kier alpha value is -1.33. The minimum absolute atomic E-state index is 0.113. The van der Waals surface area contributed by atoms with Gasteiger partial charge in [-0.15, -0.1) is 0 Å². The fraction of sp³-hybridized carbons (Fsp3) is 0.133. The van der Waals surface area contributed by atoms with E-state index in [1.165, 1.54) is 0 Å². The summed E-state index contributed by atoms with van der Waals surface area (Å²) < 4.78 is 1.64. The molecule has 1 amide bonds. The second-order valence-corrected chi connectivity index (χ2v) is 5.96. The van der Waals surface area contributed by atoms with E-state index in [0.29, 0.717) is 17.8 Å². The summed E-state index contributed by atoms with van der Waals surface area (Å²) in [5.74, 6) is 0.0288. The first kappa shape index (κ1) is 15.1. The molecule has 0 aliphatic carbocycles. The van der Waals surface area contributed by atoms with Crippen molar-refractivity contribution in [1.29, 1.82) is 0 Å². The van der Waals surface area contributed by atoms with Gasteiger partial charge in [0.2, 0.25) is 0 Å². The Kier molecular flexibility index (Phi) is 4.83. The molecule has 0 fully saturated rings. The highest BCUT2D eigenvalue weighted by atomic mass is 79.9. The average Bonchev–Trinajstić information content (AvgIpc) is 2.39. The molecule has 0 unspecified atom stereocenters. The number of phenols is 1. The van der Waals surface area contributed by atoms with Crippen molar-refractivity contribution in [1.82, 2.24) is 0 Å². The van der Waals surface area contributed by atoms with E-state index in [0.717, 1.165) is 8.95 Å². The molecular formula is C15H13Br2NO2. The van der Waals surface area contributed by atoms with Crippen molar-refractivity contribution in [3.05, 3.63) is 57.0 Å². The van der Waals surface area contributed by atoms with Gasteiger partial charge < -0.3 is 10.0 Å². The smallest absolute Gasteiger partial charge is 0.259 e. The Morgan fingerprint density at radius 2 is 1.95 bits per heavy atom. The van der Waals surface area contributed by atoms with Crippen LogP contribution in [0.1, 0.15) is 17.3 Å². The van der Waals surface area contributed by atoms with E-state index in [9.17, 15) is 9.90 Å². The van der Waals surface area contributed by atoms with Crippen LogP contribution in [0.3, 0.4) is 0 Å². The molecule has 1 N–H and O–H groups in total. The first-order chi connectivity index (χ1) is 9.52. The molecule has 2 aromatic rings. The molecular weight excluding hydrogens is 386 g/mol. The summed E-state index contributed by atoms with van der Waals surface area (Å²) in [5.41, 5.74) is 1.26. The van der Waals surface area contributed by atoms with E-state index >= 15 is 0 Å². The van der Waals surface area contributed by atoms with E-state index in [1.807, 2.05) is 19.1 Å². The van der Waals surface area contributed by atoms with Gasteiger partial charge in [0.05, 0.1) is 5.56 Å². The van der Waals surface area contributed by atoms with Crippen LogP contribution >= 0.6 is 31.9 Å². The van der Waals surface area contributed by atoms with E-state index in [-0.39, 0.29) is 11.7 Å². The Balaban J connectivity index is 2.39. The average molecular weight is 399 g/mol. The molecule has 0 saturated heterocycles. The van der Waals surface area contributed by atoms with Crippen LogP contribution < -0.4 is 4.90 Å². The van der Waals surface area contributed by atoms with Gasteiger partial charge in [-0.05, 0) is 53.2 Å². The molecule has 0 heterocycles. The highest BCUT2D eigenvalue weighted by Gasteiger charge is 2.18. The van der Waals surface area contributed by atoms with Crippen molar-refractivity contribution in [2.75, 3.05) is 11.4 Å². The van der Waals surface area contributed by atoms with Crippen LogP contribution in [0.15, 0.2) is 51.4 Å². The Morgan fingerprint density at radius 1 is 1.20 bits per heavy atom. The van der Waals surface area contributed by atoms with Crippen LogP contribution in [0.25, 0.3) is 0 Å². The standard InChI is InChI=1S/C15H13Br2NO2/c1-2-18(11-4-3-5-12(19)9-11)15(20)13-7-6-10(16)8-14(13)17/h3-9,19H,2H2,1H3. The maximum Gasteiger partial charge on any atom is 0.259 e. The van der Waals surface area contributed by atoms with Crippen LogP contribution in [0, 0.1) is 0 Å². The number of nitrogens with zero attached hydrogens (tertiary/aromatic N) is 1. The third kappa shape index (κ3) is 3.22. The third-order valence-corrected chi connectivity index (χ3v) is 4.01. The summed E-state index contributed by atoms with van der Waals surface area (Å²) in [5, 5.41) is 9.55. The SMILES string of the molecule is CCN(C(=O)c1ccc(Br)cc1Br)c1cccc(O)c1. The first-order valence-electron chi connectivity index (χ1n) is 6.09. The molecule has 0 spiro atoms. The fourth-order valence-corrected chi connectivity index (χ4v) is 3.13. The van der Waals surface area contributed by atoms with Gasteiger partial charge in [-0.1, -0.05) is 22.0 Å². The van der Waals surface area contributed by atoms with Crippen molar-refractivity contribution >= 4 is 43.5 Å². The van der Waals surface area contributed by atoms with Gasteiger partial charge in [0.15, 0.2) is 0 Å². The molecule has 0 radical (unpaired) electrons. The maximum atomic E-state index is 12.6. The minimum atomic E-state index is -0.113. The number of carbonyl (C=O) groups excluding carboxylic acids is 1. The first-order valence-corrected chi connectivity index (χ1v) is 7.67. The molecule has 2 rings (SSSR count). The zero-order chi connectivity index (χ0) is 14.7. The Morgan fingerprint density at radius 3 is 2.55 bits per heavy atom. The largest absolute Gasteiger partial charge is 0.508 e. The quantitative estimate of drug-likeness (QED) is 0.821. The van der Waals surface area contributed by atoms with Gasteiger partial charge in [-0.2, -0.15) is 0 Å². The number of hydrogen-bond donors (Lipinski definition) is 1. The van der Waals surface area contributed by atoms with Gasteiger partial charge in [-0.25, -0.2) is 0 Å². The predicted molar refractivity (Wildman–Crippen MR) is 87.3 cm³/mol. The predicted octanol–water partition coefficient (Wildman–Crippen LogP) is 4.58. The lowest BCUT2D eigenvalue weighted by molar-refractivity contribution is 0.0987. The van der Waals surface area contributed by atoms with Crippen molar-refractivity contribution in [2.45, 2.75) is 6.92 Å². The second-order valence-electron chi connectivity index (χ2n) is 4.19. The van der Waals surface area contributed by atoms with Crippen molar-refractivity contribution in [3.63, 3.8) is 0 Å². The molecule has 0 aromatic heterocycles. The summed E-state index contributed by atoms with van der Waals surface area (Å²) in [6, 6.07) is 12.1. The number of benzene rings is 2. The maximum absolute atomic E-state index is 12.6. The van der Waals surface area contributed by atoms with Crippen LogP contribution in [0.4, 0.5) is 5.69 Å². The van der Waals surface area contributed by atoms with Crippen molar-refractivity contribution in [3.8, 4) is 5.75 Å². The zero-order valence-corrected chi connectivity index (χ0v) is 14.0. The lowest BCUT2D eigenvalue weighted by atomic mass is 10.1. The van der Waals surface area contributed by atoms with Crippen molar-refractivity contribution in [2.24, 2.45) is 0 Å². The number of anilines is 1. The molecule has 3 nitrogen and oxygen atoms in total. The topological polar surface area (TPSA) is 40.5 Å². The molecule has 2 aromatic carbocycles. The van der Waals surface area contributed by atoms with Crippen LogP contribution in [-0.2, 0) is 0 Å². The van der Waals surface area contributed by atoms with Gasteiger partial charge in [0.25, 0.3) is 5.91 Å². The minimum Gasteiger partial charge on any atom is -0.508 e. The summed E-state index contributed by atoms with van der Waals surface area (Å²) in [6.07, 6.45) is 0. The molecule has 0 aliphatic heterocycles. The van der Waals surface area contributed by atoms with E-state index in [4.69, 9.17) is 0 Å². The molecule has 0 saturated carbocycles. The van der Waals surface area contributed by atoms with Crippen LogP contribution in [0.2, 0.25) is 0 Å². The molecule has 20 heavy (non-hydrogen) atoms. The number of carbonyl (C=O) groups is 1. The molecule has 104 valence electrons. The lowest BCUT2D eigenvalue weighted by Gasteiger charge is -2.22. The summed E-state index contributed by atoms with van der Waals surface area (Å²) in [7, 11) is 0. The number of aromatic hydroxyl groups is 1. The van der Waals surface area contributed by atoms with Gasteiger partial charge in [0.1, 0.15) is 5.75 Å². The monoisotopic (exact) mass is 397 g/mol. The Labute approximate surface area is 134 Å². The zero-order valence-electron chi connectivity index (χ0n) is 10.8. The summed E-state index contributed by atoms with van der Waals surface area (Å²) in [4.78, 5) is 14.2. The van der Waals surface area contributed by atoms with Crippen molar-refractivity contribution < 1.29 is 9.90 Å². The van der Waals surface area contributed by atoms with Gasteiger partial charge in [-0.3, -0.25) is 4.79 Å². The number of hydrogen-bond acceptors (Lipinski definition) is 2. The fourth-order valence-electron chi connectivity index (χ4n) is 1.91. The summed E-state index contributed by atoms with van der Waals surface area (Å²) >= 11 is 6.77. The van der Waals surface area contributed by atoms with E-state index in [2.05, 4.69) is 31.9 Å². The van der Waals surface area contributed by atoms with Crippen LogP contribution in [-0.4, -0.2) is 17.6 Å². The number of phenolic OH excluding ortho intramolecular Hbond substituents is 1. The summed E-state index contributed by atoms with van der Waals surface area (Å²) in [6.45, 7) is 2.42. The normalized spacial score (nSPS) is 10.3. The third-order valence-electron chi connectivity index (χ3n) is 2.86. The van der Waals surface area contributed by atoms with Gasteiger partial charge >= 0.3 is 0 Å². The molecule has 5 heteroatoms. The lowest BCUT2D eigenvalue weighted by Crippen LogP contribution is -2.30. The van der Waals surface area contributed by atoms with Crippen LogP contribution in [0.5, 0.6) is 5.75 Å². The van der Waals surface area contributed by atoms with E-state index < -0.39 is 0 Å². The van der Waals surface area contributed by atoms with E-state index in [1.54, 1.807) is 35.2 Å². The number of halogens is 2. The molecule has 0 bridgehead atoms. The van der Waals surface area contributed by atoms with Gasteiger partial charge in [0, 0.05) is 27.2 Å². The second kappa shape index (κ2) is 6.41.